The maximum Gasteiger partial charge on any atom is 0.410 e. The molecule has 0 aromatic heterocycles. The fourth-order valence-corrected chi connectivity index (χ4v) is 1.88. The Morgan fingerprint density at radius 2 is 2.13 bits per heavy atom. The second kappa shape index (κ2) is 4.39. The summed E-state index contributed by atoms with van der Waals surface area (Å²) >= 11 is 0. The third-order valence-electron chi connectivity index (χ3n) is 2.56. The normalized spacial score (nSPS) is 26.9. The van der Waals surface area contributed by atoms with E-state index in [4.69, 9.17) is 4.74 Å². The van der Waals surface area contributed by atoms with Gasteiger partial charge in [0, 0.05) is 6.54 Å². The number of carbonyl (C=O) groups is 1. The Morgan fingerprint density at radius 1 is 1.53 bits per heavy atom. The summed E-state index contributed by atoms with van der Waals surface area (Å²) in [6.07, 6.45) is 0.700. The third-order valence-corrected chi connectivity index (χ3v) is 2.56. The number of amides is 1. The summed E-state index contributed by atoms with van der Waals surface area (Å²) in [5.74, 6) is 0. The molecule has 0 spiro atoms. The number of carbonyl (C=O) groups excluding carboxylic acids is 1. The van der Waals surface area contributed by atoms with E-state index >= 15 is 0 Å². The summed E-state index contributed by atoms with van der Waals surface area (Å²) < 4.78 is 5.28. The first-order valence-electron chi connectivity index (χ1n) is 5.53. The molecule has 1 amide bonds. The number of hydrogen-bond acceptors (Lipinski definition) is 3. The number of aliphatic hydroxyl groups excluding tert-OH is 1. The molecule has 15 heavy (non-hydrogen) atoms. The van der Waals surface area contributed by atoms with Crippen LogP contribution in [0.25, 0.3) is 0 Å². The smallest absolute Gasteiger partial charge is 0.410 e. The van der Waals surface area contributed by atoms with E-state index in [0.717, 1.165) is 6.42 Å². The van der Waals surface area contributed by atoms with Gasteiger partial charge < -0.3 is 14.7 Å². The van der Waals surface area contributed by atoms with Crippen molar-refractivity contribution in [1.82, 2.24) is 4.90 Å². The maximum atomic E-state index is 11.8. The van der Waals surface area contributed by atoms with Crippen molar-refractivity contribution in [2.45, 2.75) is 58.3 Å². The molecule has 0 aromatic rings. The van der Waals surface area contributed by atoms with Crippen LogP contribution in [0.1, 0.15) is 40.5 Å². The molecular weight excluding hydrogens is 194 g/mol. The van der Waals surface area contributed by atoms with Crippen LogP contribution in [0, 0.1) is 0 Å². The van der Waals surface area contributed by atoms with Crippen molar-refractivity contribution in [3.05, 3.63) is 0 Å². The number of ether oxygens (including phenoxy) is 1. The molecule has 88 valence electrons. The Balaban J connectivity index is 2.60. The van der Waals surface area contributed by atoms with Gasteiger partial charge in [-0.15, -0.1) is 0 Å². The van der Waals surface area contributed by atoms with Crippen molar-refractivity contribution >= 4 is 6.09 Å². The molecular formula is C11H21NO3. The molecule has 4 heteroatoms. The van der Waals surface area contributed by atoms with Crippen molar-refractivity contribution in [1.29, 1.82) is 0 Å². The molecule has 1 N–H and O–H groups in total. The highest BCUT2D eigenvalue weighted by Crippen LogP contribution is 2.23. The van der Waals surface area contributed by atoms with Crippen molar-refractivity contribution in [3.63, 3.8) is 0 Å². The van der Waals surface area contributed by atoms with Crippen LogP contribution in [0.4, 0.5) is 4.79 Å². The van der Waals surface area contributed by atoms with Gasteiger partial charge in [-0.2, -0.15) is 0 Å². The van der Waals surface area contributed by atoms with Crippen LogP contribution < -0.4 is 0 Å². The predicted molar refractivity (Wildman–Crippen MR) is 57.6 cm³/mol. The molecule has 4 nitrogen and oxygen atoms in total. The van der Waals surface area contributed by atoms with Crippen LogP contribution in [-0.2, 0) is 4.74 Å². The lowest BCUT2D eigenvalue weighted by molar-refractivity contribution is 0.0151. The van der Waals surface area contributed by atoms with E-state index in [1.165, 1.54) is 0 Å². The van der Waals surface area contributed by atoms with Crippen molar-refractivity contribution in [3.8, 4) is 0 Å². The minimum absolute atomic E-state index is 0.0835. The van der Waals surface area contributed by atoms with Gasteiger partial charge in [-0.3, -0.25) is 0 Å². The van der Waals surface area contributed by atoms with Crippen LogP contribution >= 0.6 is 0 Å². The molecule has 0 aromatic carbocycles. The zero-order chi connectivity index (χ0) is 11.6. The number of rotatable bonds is 1. The first-order valence-corrected chi connectivity index (χ1v) is 5.53. The van der Waals surface area contributed by atoms with Gasteiger partial charge in [0.15, 0.2) is 0 Å². The van der Waals surface area contributed by atoms with Gasteiger partial charge >= 0.3 is 6.09 Å². The molecule has 2 unspecified atom stereocenters. The van der Waals surface area contributed by atoms with Crippen LogP contribution in [0.5, 0.6) is 0 Å². The minimum Gasteiger partial charge on any atom is -0.444 e. The van der Waals surface area contributed by atoms with Gasteiger partial charge in [-0.1, -0.05) is 6.92 Å². The summed E-state index contributed by atoms with van der Waals surface area (Å²) in [6.45, 7) is 8.10. The Morgan fingerprint density at radius 3 is 2.60 bits per heavy atom. The van der Waals surface area contributed by atoms with E-state index in [2.05, 4.69) is 0 Å². The lowest BCUT2D eigenvalue weighted by Crippen LogP contribution is -2.42. The molecule has 1 heterocycles. The molecule has 1 saturated heterocycles. The summed E-state index contributed by atoms with van der Waals surface area (Å²) in [7, 11) is 0. The van der Waals surface area contributed by atoms with Crippen LogP contribution in [0.3, 0.4) is 0 Å². The monoisotopic (exact) mass is 215 g/mol. The summed E-state index contributed by atoms with van der Waals surface area (Å²) in [5, 5.41) is 9.66. The number of hydrogen-bond donors (Lipinski definition) is 1. The first kappa shape index (κ1) is 12.3. The van der Waals surface area contributed by atoms with E-state index in [1.807, 2.05) is 27.7 Å². The van der Waals surface area contributed by atoms with Crippen LogP contribution in [0.2, 0.25) is 0 Å². The molecule has 0 saturated carbocycles. The highest BCUT2D eigenvalue weighted by atomic mass is 16.6. The Kier molecular flexibility index (Phi) is 3.60. The van der Waals surface area contributed by atoms with Crippen molar-refractivity contribution < 1.29 is 14.6 Å². The summed E-state index contributed by atoms with van der Waals surface area (Å²) in [6, 6.07) is -0.0835. The zero-order valence-electron chi connectivity index (χ0n) is 9.99. The molecule has 1 aliphatic rings. The molecule has 1 fully saturated rings. The SMILES string of the molecule is CCC1C(O)CCN1C(=O)OC(C)(C)C. The highest BCUT2D eigenvalue weighted by Gasteiger charge is 2.36. The Hall–Kier alpha value is -0.770. The standard InChI is InChI=1S/C11H21NO3/c1-5-8-9(13)6-7-12(8)10(14)15-11(2,3)4/h8-9,13H,5-7H2,1-4H3. The van der Waals surface area contributed by atoms with E-state index in [0.29, 0.717) is 13.0 Å². The second-order valence-corrected chi connectivity index (χ2v) is 5.01. The van der Waals surface area contributed by atoms with Gasteiger partial charge in [0.2, 0.25) is 0 Å². The predicted octanol–water partition coefficient (Wildman–Crippen LogP) is 1.77. The average Bonchev–Trinajstić information content (AvgIpc) is 2.43. The summed E-state index contributed by atoms with van der Waals surface area (Å²) in [4.78, 5) is 13.4. The van der Waals surface area contributed by atoms with Crippen LogP contribution in [-0.4, -0.2) is 40.4 Å². The quantitative estimate of drug-likeness (QED) is 0.725. The molecule has 0 radical (unpaired) electrons. The average molecular weight is 215 g/mol. The van der Waals surface area contributed by atoms with Crippen LogP contribution in [0.15, 0.2) is 0 Å². The molecule has 0 aliphatic carbocycles. The largest absolute Gasteiger partial charge is 0.444 e. The van der Waals surface area contributed by atoms with Crippen molar-refractivity contribution in [2.24, 2.45) is 0 Å². The topological polar surface area (TPSA) is 49.8 Å². The number of nitrogens with zero attached hydrogens (tertiary/aromatic N) is 1. The van der Waals surface area contributed by atoms with Gasteiger partial charge in [0.25, 0.3) is 0 Å². The lowest BCUT2D eigenvalue weighted by Gasteiger charge is -2.28. The van der Waals surface area contributed by atoms with Gasteiger partial charge in [0.05, 0.1) is 12.1 Å². The molecule has 2 atom stereocenters. The maximum absolute atomic E-state index is 11.8. The van der Waals surface area contributed by atoms with E-state index < -0.39 is 11.7 Å². The lowest BCUT2D eigenvalue weighted by atomic mass is 10.1. The Labute approximate surface area is 91.2 Å². The molecule has 0 bridgehead atoms. The van der Waals surface area contributed by atoms with E-state index in [1.54, 1.807) is 4.90 Å². The number of likely N-dealkylation sites (tertiary alicyclic amines) is 1. The fourth-order valence-electron chi connectivity index (χ4n) is 1.88. The second-order valence-electron chi connectivity index (χ2n) is 5.01. The molecule has 1 rings (SSSR count). The van der Waals surface area contributed by atoms with Gasteiger partial charge in [-0.25, -0.2) is 4.79 Å². The zero-order valence-corrected chi connectivity index (χ0v) is 9.99. The van der Waals surface area contributed by atoms with E-state index in [9.17, 15) is 9.90 Å². The first-order chi connectivity index (χ1) is 6.85. The van der Waals surface area contributed by atoms with Gasteiger partial charge in [-0.05, 0) is 33.6 Å². The highest BCUT2D eigenvalue weighted by molar-refractivity contribution is 5.69. The molecule has 1 aliphatic heterocycles. The Bertz CT molecular complexity index is 234. The minimum atomic E-state index is -0.469. The van der Waals surface area contributed by atoms with E-state index in [-0.39, 0.29) is 12.1 Å². The van der Waals surface area contributed by atoms with Crippen molar-refractivity contribution in [2.75, 3.05) is 6.54 Å². The van der Waals surface area contributed by atoms with Gasteiger partial charge in [0.1, 0.15) is 5.60 Å². The third kappa shape index (κ3) is 3.09. The summed E-state index contributed by atoms with van der Waals surface area (Å²) in [5.41, 5.74) is -0.469. The fraction of sp³-hybridized carbons (Fsp3) is 0.909. The number of aliphatic hydroxyl groups is 1.